The number of hydrogen-bond acceptors (Lipinski definition) is 3. The van der Waals surface area contributed by atoms with E-state index >= 15 is 0 Å². The first-order chi connectivity index (χ1) is 6.07. The molecule has 0 aliphatic heterocycles. The van der Waals surface area contributed by atoms with Crippen molar-refractivity contribution in [3.8, 4) is 0 Å². The summed E-state index contributed by atoms with van der Waals surface area (Å²) < 4.78 is 13.0. The molecule has 3 nitrogen and oxygen atoms in total. The second kappa shape index (κ2) is 3.87. The van der Waals surface area contributed by atoms with E-state index in [4.69, 9.17) is 21.6 Å². The van der Waals surface area contributed by atoms with Gasteiger partial charge in [0.05, 0.1) is 10.6 Å². The Kier molecular flexibility index (Phi) is 3.03. The van der Waals surface area contributed by atoms with Gasteiger partial charge in [-0.2, -0.15) is 0 Å². The largest absolute Gasteiger partial charge is 0.489 e. The fourth-order valence-electron chi connectivity index (χ4n) is 0.926. The number of carbonyl (C=O) groups is 1. The van der Waals surface area contributed by atoms with Crippen LogP contribution in [0, 0.1) is 5.82 Å². The molecule has 0 radical (unpaired) electrons. The van der Waals surface area contributed by atoms with Crippen LogP contribution >= 0.6 is 11.6 Å². The van der Waals surface area contributed by atoms with E-state index in [9.17, 15) is 9.18 Å². The van der Waals surface area contributed by atoms with Crippen molar-refractivity contribution >= 4 is 30.5 Å². The Labute approximate surface area is 78.9 Å². The number of aldehydes is 1. The first kappa shape index (κ1) is 10.2. The minimum absolute atomic E-state index is 0.190. The molecule has 13 heavy (non-hydrogen) atoms. The van der Waals surface area contributed by atoms with E-state index in [1.54, 1.807) is 0 Å². The summed E-state index contributed by atoms with van der Waals surface area (Å²) in [7, 11) is -1.88. The molecule has 1 rings (SSSR count). The lowest BCUT2D eigenvalue weighted by Gasteiger charge is -2.04. The van der Waals surface area contributed by atoms with Crippen molar-refractivity contribution < 1.29 is 19.2 Å². The van der Waals surface area contributed by atoms with Crippen LogP contribution in [0.2, 0.25) is 5.02 Å². The van der Waals surface area contributed by atoms with E-state index in [0.29, 0.717) is 0 Å². The Morgan fingerprint density at radius 3 is 2.54 bits per heavy atom. The third-order valence-electron chi connectivity index (χ3n) is 1.56. The first-order valence-corrected chi connectivity index (χ1v) is 3.75. The Balaban J connectivity index is 3.38. The van der Waals surface area contributed by atoms with Crippen LogP contribution in [0.25, 0.3) is 0 Å². The summed E-state index contributed by atoms with van der Waals surface area (Å²) in [5.74, 6) is -0.942. The van der Waals surface area contributed by atoms with E-state index in [1.165, 1.54) is 6.07 Å². The van der Waals surface area contributed by atoms with Crippen molar-refractivity contribution in [2.75, 3.05) is 0 Å². The predicted octanol–water partition coefficient (Wildman–Crippen LogP) is -0.0286. The molecule has 0 aliphatic rings. The number of rotatable bonds is 2. The molecule has 0 aromatic heterocycles. The van der Waals surface area contributed by atoms with Crippen molar-refractivity contribution in [2.45, 2.75) is 0 Å². The number of carbonyl (C=O) groups excluding carboxylic acids is 1. The van der Waals surface area contributed by atoms with Crippen LogP contribution < -0.4 is 5.46 Å². The van der Waals surface area contributed by atoms with Gasteiger partial charge in [-0.3, -0.25) is 4.79 Å². The van der Waals surface area contributed by atoms with Crippen LogP contribution in [0.5, 0.6) is 0 Å². The molecule has 0 fully saturated rings. The van der Waals surface area contributed by atoms with Crippen molar-refractivity contribution in [3.05, 3.63) is 28.5 Å². The van der Waals surface area contributed by atoms with Crippen LogP contribution in [0.3, 0.4) is 0 Å². The second-order valence-electron chi connectivity index (χ2n) is 2.36. The Morgan fingerprint density at radius 2 is 2.08 bits per heavy atom. The molecule has 0 atom stereocenters. The van der Waals surface area contributed by atoms with Gasteiger partial charge in [0.1, 0.15) is 0 Å². The van der Waals surface area contributed by atoms with Gasteiger partial charge in [0, 0.05) is 0 Å². The lowest BCUT2D eigenvalue weighted by Crippen LogP contribution is -2.33. The minimum atomic E-state index is -1.88. The summed E-state index contributed by atoms with van der Waals surface area (Å²) in [5.41, 5.74) is -0.626. The number of halogens is 2. The minimum Gasteiger partial charge on any atom is -0.423 e. The van der Waals surface area contributed by atoms with Crippen molar-refractivity contribution in [2.24, 2.45) is 0 Å². The molecule has 1 aromatic rings. The van der Waals surface area contributed by atoms with Crippen LogP contribution in [-0.4, -0.2) is 23.5 Å². The van der Waals surface area contributed by atoms with Gasteiger partial charge >= 0.3 is 7.12 Å². The highest BCUT2D eigenvalue weighted by Gasteiger charge is 2.20. The maximum Gasteiger partial charge on any atom is 0.489 e. The average Bonchev–Trinajstić information content (AvgIpc) is 2.09. The van der Waals surface area contributed by atoms with Gasteiger partial charge in [-0.15, -0.1) is 0 Å². The van der Waals surface area contributed by atoms with Crippen molar-refractivity contribution in [3.63, 3.8) is 0 Å². The summed E-state index contributed by atoms with van der Waals surface area (Å²) >= 11 is 5.37. The molecule has 0 spiro atoms. The standard InChI is InChI=1S/C7H5BClFO3/c9-6-2-1-5(8(12)13)4(3-11)7(6)10/h1-3,12-13H. The molecule has 2 N–H and O–H groups in total. The molecule has 0 amide bonds. The summed E-state index contributed by atoms with van der Waals surface area (Å²) in [6, 6.07) is 2.33. The third kappa shape index (κ3) is 1.88. The quantitative estimate of drug-likeness (QED) is 0.523. The monoisotopic (exact) mass is 202 g/mol. The molecule has 0 heterocycles. The highest BCUT2D eigenvalue weighted by Crippen LogP contribution is 2.15. The van der Waals surface area contributed by atoms with E-state index in [1.807, 2.05) is 0 Å². The zero-order valence-electron chi connectivity index (χ0n) is 6.37. The second-order valence-corrected chi connectivity index (χ2v) is 2.76. The van der Waals surface area contributed by atoms with E-state index in [-0.39, 0.29) is 16.8 Å². The molecule has 0 unspecified atom stereocenters. The Bertz CT molecular complexity index is 343. The summed E-state index contributed by atoms with van der Waals surface area (Å²) in [5, 5.41) is 17.2. The summed E-state index contributed by atoms with van der Waals surface area (Å²) in [6.07, 6.45) is 0.190. The van der Waals surface area contributed by atoms with Gasteiger partial charge in [-0.25, -0.2) is 4.39 Å². The summed E-state index contributed by atoms with van der Waals surface area (Å²) in [4.78, 5) is 10.4. The molecular formula is C7H5BClFO3. The maximum absolute atomic E-state index is 13.0. The lowest BCUT2D eigenvalue weighted by molar-refractivity contribution is 0.112. The van der Waals surface area contributed by atoms with Crippen LogP contribution in [0.15, 0.2) is 12.1 Å². The van der Waals surface area contributed by atoms with Crippen molar-refractivity contribution in [1.82, 2.24) is 0 Å². The van der Waals surface area contributed by atoms with E-state index in [2.05, 4.69) is 0 Å². The van der Waals surface area contributed by atoms with Gasteiger partial charge in [-0.05, 0) is 11.5 Å². The highest BCUT2D eigenvalue weighted by atomic mass is 35.5. The molecule has 0 saturated carbocycles. The van der Waals surface area contributed by atoms with Crippen LogP contribution in [0.4, 0.5) is 4.39 Å². The lowest BCUT2D eigenvalue weighted by atomic mass is 9.77. The SMILES string of the molecule is O=Cc1c(B(O)O)ccc(Cl)c1F. The van der Waals surface area contributed by atoms with Gasteiger partial charge in [-0.1, -0.05) is 17.7 Å². The molecule has 68 valence electrons. The maximum atomic E-state index is 13.0. The zero-order valence-corrected chi connectivity index (χ0v) is 7.12. The van der Waals surface area contributed by atoms with Gasteiger partial charge in [0.15, 0.2) is 12.1 Å². The van der Waals surface area contributed by atoms with Crippen LogP contribution in [-0.2, 0) is 0 Å². The van der Waals surface area contributed by atoms with E-state index in [0.717, 1.165) is 6.07 Å². The molecule has 0 aliphatic carbocycles. The zero-order chi connectivity index (χ0) is 10.0. The first-order valence-electron chi connectivity index (χ1n) is 3.37. The van der Waals surface area contributed by atoms with Crippen molar-refractivity contribution in [1.29, 1.82) is 0 Å². The Hall–Kier alpha value is -0.905. The number of benzene rings is 1. The molecule has 1 aromatic carbocycles. The Morgan fingerprint density at radius 1 is 1.46 bits per heavy atom. The van der Waals surface area contributed by atoms with Gasteiger partial charge in [0.25, 0.3) is 0 Å². The van der Waals surface area contributed by atoms with Crippen LogP contribution in [0.1, 0.15) is 10.4 Å². The molecule has 0 bridgehead atoms. The fraction of sp³-hybridized carbons (Fsp3) is 0. The molecule has 6 heteroatoms. The molecular weight excluding hydrogens is 197 g/mol. The fourth-order valence-corrected chi connectivity index (χ4v) is 1.09. The van der Waals surface area contributed by atoms with E-state index < -0.39 is 18.5 Å². The predicted molar refractivity (Wildman–Crippen MR) is 46.6 cm³/mol. The van der Waals surface area contributed by atoms with Gasteiger partial charge < -0.3 is 10.0 Å². The van der Waals surface area contributed by atoms with Gasteiger partial charge in [0.2, 0.25) is 0 Å². The number of hydrogen-bond donors (Lipinski definition) is 2. The molecule has 0 saturated heterocycles. The normalized spacial score (nSPS) is 9.85. The highest BCUT2D eigenvalue weighted by molar-refractivity contribution is 6.60. The average molecular weight is 202 g/mol. The smallest absolute Gasteiger partial charge is 0.423 e. The third-order valence-corrected chi connectivity index (χ3v) is 1.85. The topological polar surface area (TPSA) is 57.5 Å². The summed E-state index contributed by atoms with van der Waals surface area (Å²) in [6.45, 7) is 0.